The molecule has 2 aromatic rings. The van der Waals surface area contributed by atoms with Gasteiger partial charge in [0, 0.05) is 45.0 Å². The van der Waals surface area contributed by atoms with Crippen molar-refractivity contribution in [2.75, 3.05) is 33.4 Å². The van der Waals surface area contributed by atoms with Crippen LogP contribution in [0.2, 0.25) is 0 Å². The van der Waals surface area contributed by atoms with Gasteiger partial charge in [-0.3, -0.25) is 4.99 Å². The fourth-order valence-electron chi connectivity index (χ4n) is 2.79. The number of aliphatic imine (C=N–C) groups is 1. The van der Waals surface area contributed by atoms with Crippen LogP contribution in [-0.2, 0) is 11.3 Å². The molecule has 1 saturated carbocycles. The van der Waals surface area contributed by atoms with Gasteiger partial charge < -0.3 is 19.9 Å². The third kappa shape index (κ3) is 4.99. The predicted molar refractivity (Wildman–Crippen MR) is 99.5 cm³/mol. The standard InChI is InChI=1S/C19H28N4O/c1-20-19(22-11-14-24-15-16-7-8-16)21-10-4-12-23-13-9-17-5-2-3-6-18(17)23/h2-3,5-6,9,13,16H,4,7-8,10-12,14-15H2,1H3,(H2,20,21,22). The number of nitrogens with zero attached hydrogens (tertiary/aromatic N) is 2. The van der Waals surface area contributed by atoms with Crippen molar-refractivity contribution in [2.45, 2.75) is 25.8 Å². The molecular formula is C19H28N4O. The Labute approximate surface area is 144 Å². The zero-order valence-electron chi connectivity index (χ0n) is 14.5. The van der Waals surface area contributed by atoms with Crippen LogP contribution in [-0.4, -0.2) is 43.9 Å². The maximum absolute atomic E-state index is 5.62. The van der Waals surface area contributed by atoms with Crippen molar-refractivity contribution in [3.05, 3.63) is 36.5 Å². The van der Waals surface area contributed by atoms with Gasteiger partial charge in [-0.15, -0.1) is 0 Å². The summed E-state index contributed by atoms with van der Waals surface area (Å²) in [7, 11) is 1.81. The topological polar surface area (TPSA) is 50.6 Å². The van der Waals surface area contributed by atoms with E-state index in [9.17, 15) is 0 Å². The van der Waals surface area contributed by atoms with Crippen molar-refractivity contribution in [1.29, 1.82) is 0 Å². The summed E-state index contributed by atoms with van der Waals surface area (Å²) in [5, 5.41) is 7.96. The van der Waals surface area contributed by atoms with Crippen molar-refractivity contribution >= 4 is 16.9 Å². The molecule has 0 unspecified atom stereocenters. The number of rotatable bonds is 9. The maximum atomic E-state index is 5.62. The Morgan fingerprint density at radius 3 is 2.88 bits per heavy atom. The Morgan fingerprint density at radius 1 is 1.21 bits per heavy atom. The summed E-state index contributed by atoms with van der Waals surface area (Å²) in [5.41, 5.74) is 1.30. The smallest absolute Gasteiger partial charge is 0.191 e. The minimum atomic E-state index is 0.743. The van der Waals surface area contributed by atoms with Gasteiger partial charge in [-0.05, 0) is 42.7 Å². The summed E-state index contributed by atoms with van der Waals surface area (Å²) in [6.07, 6.45) is 5.90. The van der Waals surface area contributed by atoms with Gasteiger partial charge in [0.1, 0.15) is 0 Å². The number of ether oxygens (including phenoxy) is 1. The summed E-state index contributed by atoms with van der Waals surface area (Å²) in [6.45, 7) is 4.36. The van der Waals surface area contributed by atoms with Gasteiger partial charge in [-0.25, -0.2) is 0 Å². The largest absolute Gasteiger partial charge is 0.379 e. The van der Waals surface area contributed by atoms with Crippen molar-refractivity contribution in [3.8, 4) is 0 Å². The highest BCUT2D eigenvalue weighted by atomic mass is 16.5. The number of aromatic nitrogens is 1. The predicted octanol–water partition coefficient (Wildman–Crippen LogP) is 2.62. The van der Waals surface area contributed by atoms with Crippen molar-refractivity contribution in [1.82, 2.24) is 15.2 Å². The monoisotopic (exact) mass is 328 g/mol. The molecule has 0 aliphatic heterocycles. The molecule has 0 spiro atoms. The summed E-state index contributed by atoms with van der Waals surface area (Å²) >= 11 is 0. The molecule has 1 aromatic carbocycles. The van der Waals surface area contributed by atoms with E-state index in [0.717, 1.165) is 51.1 Å². The second-order valence-corrected chi connectivity index (χ2v) is 6.37. The van der Waals surface area contributed by atoms with Gasteiger partial charge in [-0.1, -0.05) is 18.2 Å². The number of para-hydroxylation sites is 1. The van der Waals surface area contributed by atoms with Crippen LogP contribution >= 0.6 is 0 Å². The van der Waals surface area contributed by atoms with Crippen LogP contribution in [0.4, 0.5) is 0 Å². The van der Waals surface area contributed by atoms with Crippen molar-refractivity contribution in [3.63, 3.8) is 0 Å². The molecule has 1 aliphatic rings. The molecule has 1 aliphatic carbocycles. The Kier molecular flexibility index (Phi) is 6.13. The first-order chi connectivity index (χ1) is 11.9. The number of nitrogens with one attached hydrogen (secondary N) is 2. The van der Waals surface area contributed by atoms with E-state index in [1.807, 2.05) is 0 Å². The van der Waals surface area contributed by atoms with Gasteiger partial charge in [0.05, 0.1) is 6.61 Å². The normalized spacial score (nSPS) is 15.0. The lowest BCUT2D eigenvalue weighted by molar-refractivity contribution is 0.129. The fourth-order valence-corrected chi connectivity index (χ4v) is 2.79. The SMILES string of the molecule is CN=C(NCCCn1ccc2ccccc21)NCCOCC1CC1. The lowest BCUT2D eigenvalue weighted by atomic mass is 10.2. The summed E-state index contributed by atoms with van der Waals surface area (Å²) in [5.74, 6) is 1.68. The minimum absolute atomic E-state index is 0.743. The quantitative estimate of drug-likeness (QED) is 0.423. The van der Waals surface area contributed by atoms with E-state index in [4.69, 9.17) is 4.74 Å². The van der Waals surface area contributed by atoms with Crippen molar-refractivity contribution < 1.29 is 4.74 Å². The summed E-state index contributed by atoms with van der Waals surface area (Å²) in [6, 6.07) is 10.7. The summed E-state index contributed by atoms with van der Waals surface area (Å²) < 4.78 is 7.92. The number of aryl methyl sites for hydroxylation is 1. The third-order valence-electron chi connectivity index (χ3n) is 4.36. The average Bonchev–Trinajstić information content (AvgIpc) is 3.35. The number of fused-ring (bicyclic) bond motifs is 1. The van der Waals surface area contributed by atoms with E-state index in [-0.39, 0.29) is 0 Å². The molecule has 1 fully saturated rings. The van der Waals surface area contributed by atoms with Gasteiger partial charge in [0.2, 0.25) is 0 Å². The maximum Gasteiger partial charge on any atom is 0.191 e. The minimum Gasteiger partial charge on any atom is -0.379 e. The first-order valence-corrected chi connectivity index (χ1v) is 8.93. The van der Waals surface area contributed by atoms with Gasteiger partial charge >= 0.3 is 0 Å². The molecule has 24 heavy (non-hydrogen) atoms. The Hall–Kier alpha value is -2.01. The van der Waals surface area contributed by atoms with Crippen LogP contribution in [0.3, 0.4) is 0 Å². The molecule has 0 bridgehead atoms. The van der Waals surface area contributed by atoms with Crippen LogP contribution in [0.25, 0.3) is 10.9 Å². The molecule has 0 amide bonds. The van der Waals surface area contributed by atoms with E-state index in [0.29, 0.717) is 0 Å². The van der Waals surface area contributed by atoms with E-state index in [1.54, 1.807) is 7.05 Å². The number of hydrogen-bond donors (Lipinski definition) is 2. The number of guanidine groups is 1. The first-order valence-electron chi connectivity index (χ1n) is 8.93. The van der Waals surface area contributed by atoms with Crippen LogP contribution in [0.1, 0.15) is 19.3 Å². The van der Waals surface area contributed by atoms with Crippen LogP contribution < -0.4 is 10.6 Å². The van der Waals surface area contributed by atoms with E-state index < -0.39 is 0 Å². The van der Waals surface area contributed by atoms with Gasteiger partial charge in [0.15, 0.2) is 5.96 Å². The van der Waals surface area contributed by atoms with E-state index in [2.05, 4.69) is 56.7 Å². The molecule has 1 aromatic heterocycles. The molecule has 2 N–H and O–H groups in total. The second kappa shape index (κ2) is 8.73. The molecule has 130 valence electrons. The molecule has 5 nitrogen and oxygen atoms in total. The molecular weight excluding hydrogens is 300 g/mol. The highest BCUT2D eigenvalue weighted by Gasteiger charge is 2.20. The molecule has 5 heteroatoms. The van der Waals surface area contributed by atoms with Gasteiger partial charge in [-0.2, -0.15) is 0 Å². The van der Waals surface area contributed by atoms with E-state index >= 15 is 0 Å². The Morgan fingerprint density at radius 2 is 2.04 bits per heavy atom. The molecule has 3 rings (SSSR count). The fraction of sp³-hybridized carbons (Fsp3) is 0.526. The Bertz CT molecular complexity index is 660. The highest BCUT2D eigenvalue weighted by Crippen LogP contribution is 2.28. The molecule has 0 radical (unpaired) electrons. The lowest BCUT2D eigenvalue weighted by Crippen LogP contribution is -2.39. The molecule has 1 heterocycles. The number of benzene rings is 1. The van der Waals surface area contributed by atoms with E-state index in [1.165, 1.54) is 23.7 Å². The van der Waals surface area contributed by atoms with Crippen LogP contribution in [0.5, 0.6) is 0 Å². The van der Waals surface area contributed by atoms with Crippen molar-refractivity contribution in [2.24, 2.45) is 10.9 Å². The molecule has 0 saturated heterocycles. The summed E-state index contributed by atoms with van der Waals surface area (Å²) in [4.78, 5) is 4.25. The Balaban J connectivity index is 1.31. The lowest BCUT2D eigenvalue weighted by Gasteiger charge is -2.12. The zero-order valence-corrected chi connectivity index (χ0v) is 14.5. The molecule has 0 atom stereocenters. The second-order valence-electron chi connectivity index (χ2n) is 6.37. The zero-order chi connectivity index (χ0) is 16.6. The first kappa shape index (κ1) is 16.8. The van der Waals surface area contributed by atoms with Crippen LogP contribution in [0, 0.1) is 5.92 Å². The van der Waals surface area contributed by atoms with Crippen LogP contribution in [0.15, 0.2) is 41.5 Å². The third-order valence-corrected chi connectivity index (χ3v) is 4.36. The average molecular weight is 328 g/mol. The number of hydrogen-bond acceptors (Lipinski definition) is 2. The highest BCUT2D eigenvalue weighted by molar-refractivity contribution is 5.80. The van der Waals surface area contributed by atoms with Gasteiger partial charge in [0.25, 0.3) is 0 Å².